The van der Waals surface area contributed by atoms with Gasteiger partial charge >= 0.3 is 0 Å². The second-order valence-corrected chi connectivity index (χ2v) is 7.71. The predicted molar refractivity (Wildman–Crippen MR) is 117 cm³/mol. The van der Waals surface area contributed by atoms with Gasteiger partial charge in [0.2, 0.25) is 11.8 Å². The zero-order chi connectivity index (χ0) is 22.1. The van der Waals surface area contributed by atoms with E-state index in [-0.39, 0.29) is 17.6 Å². The maximum Gasteiger partial charge on any atom is 0.244 e. The smallest absolute Gasteiger partial charge is 0.244 e. The summed E-state index contributed by atoms with van der Waals surface area (Å²) in [6.45, 7) is 3.83. The van der Waals surface area contributed by atoms with Gasteiger partial charge in [-0.3, -0.25) is 5.10 Å². The maximum atomic E-state index is 9.91. The number of nitriles is 1. The summed E-state index contributed by atoms with van der Waals surface area (Å²) in [7, 11) is 1.55. The van der Waals surface area contributed by atoms with Gasteiger partial charge in [0.05, 0.1) is 30.4 Å². The largest absolute Gasteiger partial charge is 0.493 e. The van der Waals surface area contributed by atoms with Crippen molar-refractivity contribution in [2.24, 2.45) is 5.73 Å². The second-order valence-electron chi connectivity index (χ2n) is 7.30. The number of benzene rings is 2. The molecule has 0 unspecified atom stereocenters. The van der Waals surface area contributed by atoms with Crippen LogP contribution in [0.4, 0.5) is 0 Å². The maximum absolute atomic E-state index is 9.91. The topological polar surface area (TPSA) is 106 Å². The van der Waals surface area contributed by atoms with E-state index in [4.69, 9.17) is 31.5 Å². The van der Waals surface area contributed by atoms with Crippen LogP contribution in [-0.4, -0.2) is 23.4 Å². The first-order chi connectivity index (χ1) is 14.9. The fourth-order valence-corrected chi connectivity index (χ4v) is 3.92. The van der Waals surface area contributed by atoms with Crippen molar-refractivity contribution in [3.63, 3.8) is 0 Å². The summed E-state index contributed by atoms with van der Waals surface area (Å²) < 4.78 is 17.0. The van der Waals surface area contributed by atoms with E-state index in [0.29, 0.717) is 33.5 Å². The van der Waals surface area contributed by atoms with E-state index in [1.807, 2.05) is 44.2 Å². The zero-order valence-corrected chi connectivity index (χ0v) is 18.0. The van der Waals surface area contributed by atoms with E-state index >= 15 is 0 Å². The molecule has 0 aliphatic carbocycles. The van der Waals surface area contributed by atoms with Crippen LogP contribution < -0.4 is 19.9 Å². The molecule has 2 heterocycles. The van der Waals surface area contributed by atoms with Crippen molar-refractivity contribution in [3.05, 3.63) is 70.1 Å². The van der Waals surface area contributed by atoms with E-state index < -0.39 is 5.92 Å². The third kappa shape index (κ3) is 3.66. The third-order valence-corrected chi connectivity index (χ3v) is 5.29. The first kappa shape index (κ1) is 20.6. The van der Waals surface area contributed by atoms with Crippen molar-refractivity contribution >= 4 is 11.6 Å². The van der Waals surface area contributed by atoms with Crippen molar-refractivity contribution in [1.29, 1.82) is 5.26 Å². The van der Waals surface area contributed by atoms with Crippen molar-refractivity contribution < 1.29 is 14.2 Å². The van der Waals surface area contributed by atoms with E-state index in [1.165, 1.54) is 0 Å². The average molecular weight is 437 g/mol. The van der Waals surface area contributed by atoms with Crippen LogP contribution in [0.15, 0.2) is 53.9 Å². The quantitative estimate of drug-likeness (QED) is 0.598. The lowest BCUT2D eigenvalue weighted by Crippen LogP contribution is -2.21. The first-order valence-electron chi connectivity index (χ1n) is 9.70. The SMILES string of the molecule is COc1cc([C@H]2C(C#N)=C(N)Oc3n[nH]c(-c4ccccc4)c32)c(Cl)cc1OC(C)C. The number of allylic oxidation sites excluding steroid dienone is 1. The van der Waals surface area contributed by atoms with Crippen LogP contribution in [0, 0.1) is 11.3 Å². The molecule has 2 aromatic carbocycles. The van der Waals surface area contributed by atoms with Gasteiger partial charge in [-0.15, -0.1) is 5.10 Å². The van der Waals surface area contributed by atoms with Crippen LogP contribution in [0.2, 0.25) is 5.02 Å². The van der Waals surface area contributed by atoms with Crippen LogP contribution in [0.5, 0.6) is 17.4 Å². The molecule has 3 aromatic rings. The number of hydrogen-bond donors (Lipinski definition) is 2. The highest BCUT2D eigenvalue weighted by molar-refractivity contribution is 6.31. The Morgan fingerprint density at radius 3 is 2.61 bits per heavy atom. The van der Waals surface area contributed by atoms with Crippen LogP contribution >= 0.6 is 11.6 Å². The molecule has 4 rings (SSSR count). The molecular formula is C23H21ClN4O3. The highest BCUT2D eigenvalue weighted by Crippen LogP contribution is 2.49. The molecule has 8 heteroatoms. The molecule has 1 aliphatic rings. The zero-order valence-electron chi connectivity index (χ0n) is 17.3. The Hall–Kier alpha value is -3.63. The summed E-state index contributed by atoms with van der Waals surface area (Å²) in [5, 5.41) is 17.6. The Balaban J connectivity index is 1.95. The summed E-state index contributed by atoms with van der Waals surface area (Å²) in [6, 6.07) is 15.3. The lowest BCUT2D eigenvalue weighted by molar-refractivity contribution is 0.230. The van der Waals surface area contributed by atoms with Gasteiger partial charge in [0.1, 0.15) is 11.6 Å². The van der Waals surface area contributed by atoms with E-state index in [9.17, 15) is 5.26 Å². The standard InChI is InChI=1S/C23H21ClN4O3/c1-12(2)30-18-10-16(24)14(9-17(18)29-3)19-15(11-25)22(26)31-23-20(19)21(27-28-23)13-7-5-4-6-8-13/h4-10,12,19H,26H2,1-3H3,(H,27,28)/t19-/m0/s1. The number of aromatic nitrogens is 2. The third-order valence-electron chi connectivity index (χ3n) is 4.96. The van der Waals surface area contributed by atoms with Crippen molar-refractivity contribution in [2.45, 2.75) is 25.9 Å². The van der Waals surface area contributed by atoms with Gasteiger partial charge < -0.3 is 19.9 Å². The number of nitrogens with zero attached hydrogens (tertiary/aromatic N) is 2. The second kappa shape index (κ2) is 8.25. The van der Waals surface area contributed by atoms with Gasteiger partial charge in [0, 0.05) is 11.1 Å². The van der Waals surface area contributed by atoms with Crippen molar-refractivity contribution in [1.82, 2.24) is 10.2 Å². The number of rotatable bonds is 5. The van der Waals surface area contributed by atoms with Gasteiger partial charge in [-0.1, -0.05) is 41.9 Å². The molecule has 1 aliphatic heterocycles. The summed E-state index contributed by atoms with van der Waals surface area (Å²) >= 11 is 6.70. The summed E-state index contributed by atoms with van der Waals surface area (Å²) in [6.07, 6.45) is -0.0609. The summed E-state index contributed by atoms with van der Waals surface area (Å²) in [4.78, 5) is 0. The molecule has 158 valence electrons. The molecule has 0 spiro atoms. The lowest BCUT2D eigenvalue weighted by atomic mass is 9.83. The molecular weight excluding hydrogens is 416 g/mol. The van der Waals surface area contributed by atoms with E-state index in [1.54, 1.807) is 19.2 Å². The molecule has 1 atom stereocenters. The number of aromatic amines is 1. The number of halogens is 1. The van der Waals surface area contributed by atoms with Gasteiger partial charge in [0.25, 0.3) is 0 Å². The number of nitrogens with two attached hydrogens (primary N) is 1. The van der Waals surface area contributed by atoms with Crippen LogP contribution in [0.25, 0.3) is 11.3 Å². The molecule has 31 heavy (non-hydrogen) atoms. The minimum Gasteiger partial charge on any atom is -0.493 e. The van der Waals surface area contributed by atoms with Crippen LogP contribution in [0.3, 0.4) is 0 Å². The molecule has 0 saturated heterocycles. The molecule has 0 saturated carbocycles. The lowest BCUT2D eigenvalue weighted by Gasteiger charge is -2.26. The van der Waals surface area contributed by atoms with Crippen LogP contribution in [0.1, 0.15) is 30.9 Å². The summed E-state index contributed by atoms with van der Waals surface area (Å²) in [5.41, 5.74) is 9.25. The minimum atomic E-state index is -0.600. The molecule has 0 amide bonds. The normalized spacial score (nSPS) is 15.3. The Morgan fingerprint density at radius 2 is 1.97 bits per heavy atom. The number of methoxy groups -OCH3 is 1. The highest BCUT2D eigenvalue weighted by atomic mass is 35.5. The fraction of sp³-hybridized carbons (Fsp3) is 0.217. The molecule has 0 bridgehead atoms. The first-order valence-corrected chi connectivity index (χ1v) is 10.1. The van der Waals surface area contributed by atoms with Gasteiger partial charge in [-0.25, -0.2) is 0 Å². The number of nitrogens with one attached hydrogen (secondary N) is 1. The number of H-pyrrole nitrogens is 1. The average Bonchev–Trinajstić information content (AvgIpc) is 3.17. The molecule has 1 aromatic heterocycles. The van der Waals surface area contributed by atoms with Crippen molar-refractivity contribution in [2.75, 3.05) is 7.11 Å². The Labute approximate surface area is 185 Å². The molecule has 3 N–H and O–H groups in total. The van der Waals surface area contributed by atoms with Gasteiger partial charge in [0.15, 0.2) is 11.5 Å². The Morgan fingerprint density at radius 1 is 1.23 bits per heavy atom. The number of hydrogen-bond acceptors (Lipinski definition) is 6. The number of ether oxygens (including phenoxy) is 3. The molecule has 7 nitrogen and oxygen atoms in total. The van der Waals surface area contributed by atoms with Gasteiger partial charge in [-0.05, 0) is 31.0 Å². The highest BCUT2D eigenvalue weighted by Gasteiger charge is 2.37. The van der Waals surface area contributed by atoms with Gasteiger partial charge in [-0.2, -0.15) is 5.26 Å². The number of fused-ring (bicyclic) bond motifs is 1. The molecule has 0 fully saturated rings. The Kier molecular flexibility index (Phi) is 5.49. The van der Waals surface area contributed by atoms with E-state index in [2.05, 4.69) is 16.3 Å². The Bertz CT molecular complexity index is 1200. The van der Waals surface area contributed by atoms with E-state index in [0.717, 1.165) is 11.3 Å². The predicted octanol–water partition coefficient (Wildman–Crippen LogP) is 4.74. The van der Waals surface area contributed by atoms with Crippen LogP contribution in [-0.2, 0) is 0 Å². The minimum absolute atomic E-state index is 0.0105. The van der Waals surface area contributed by atoms with Crippen molar-refractivity contribution in [3.8, 4) is 34.7 Å². The molecule has 0 radical (unpaired) electrons. The summed E-state index contributed by atoms with van der Waals surface area (Å²) in [5.74, 6) is 0.713. The monoisotopic (exact) mass is 436 g/mol. The fourth-order valence-electron chi connectivity index (χ4n) is 3.66.